The Morgan fingerprint density at radius 3 is 2.56 bits per heavy atom. The van der Waals surface area contributed by atoms with Gasteiger partial charge in [-0.15, -0.1) is 0 Å². The van der Waals surface area contributed by atoms with Gasteiger partial charge in [-0.05, 0) is 6.07 Å². The molecule has 0 aromatic heterocycles. The van der Waals surface area contributed by atoms with E-state index in [0.717, 1.165) is 10.6 Å². The molecule has 1 heterocycles. The van der Waals surface area contributed by atoms with E-state index < -0.39 is 0 Å². The first-order chi connectivity index (χ1) is 8.17. The average Bonchev–Trinajstić information content (AvgIpc) is 2.68. The van der Waals surface area contributed by atoms with Crippen molar-refractivity contribution in [1.29, 1.82) is 0 Å². The number of methoxy groups -OCH3 is 2. The summed E-state index contributed by atoms with van der Waals surface area (Å²) in [6, 6.07) is 5.54. The molecular formula is C12H16KNO4. The molecule has 0 radical (unpaired) electrons. The van der Waals surface area contributed by atoms with Gasteiger partial charge in [0.1, 0.15) is 0 Å². The third-order valence-electron chi connectivity index (χ3n) is 2.98. The minimum atomic E-state index is -0.264. The van der Waals surface area contributed by atoms with Gasteiger partial charge in [0.05, 0.1) is 20.8 Å². The van der Waals surface area contributed by atoms with E-state index in [1.54, 1.807) is 20.3 Å². The molecule has 0 spiro atoms. The molecule has 1 saturated heterocycles. The van der Waals surface area contributed by atoms with Crippen LogP contribution in [0.3, 0.4) is 0 Å². The van der Waals surface area contributed by atoms with Crippen LogP contribution >= 0.6 is 0 Å². The number of carbonyl (C=O) groups is 1. The Labute approximate surface area is 148 Å². The molecule has 0 saturated carbocycles. The van der Waals surface area contributed by atoms with Crippen molar-refractivity contribution in [3.8, 4) is 11.5 Å². The predicted octanol–water partition coefficient (Wildman–Crippen LogP) is 0.760. The molecule has 5 nitrogen and oxygen atoms in total. The molecule has 1 fully saturated rings. The summed E-state index contributed by atoms with van der Waals surface area (Å²) in [5.41, 5.74) is 0.886. The number of ether oxygens (including phenoxy) is 2. The summed E-state index contributed by atoms with van der Waals surface area (Å²) in [7, 11) is 3.13. The van der Waals surface area contributed by atoms with Gasteiger partial charge in [0.25, 0.3) is 0 Å². The molecule has 1 aromatic carbocycles. The Hall–Kier alpha value is -0.114. The summed E-state index contributed by atoms with van der Waals surface area (Å²) in [5, 5.41) is 10.1. The molecule has 6 heteroatoms. The van der Waals surface area contributed by atoms with Crippen LogP contribution in [0.5, 0.6) is 11.5 Å². The predicted molar refractivity (Wildman–Crippen MR) is 67.6 cm³/mol. The topological polar surface area (TPSA) is 59.0 Å². The first-order valence-corrected chi connectivity index (χ1v) is 5.37. The molecule has 1 aliphatic rings. The van der Waals surface area contributed by atoms with Crippen molar-refractivity contribution in [2.45, 2.75) is 12.3 Å². The summed E-state index contributed by atoms with van der Waals surface area (Å²) >= 11 is 0. The van der Waals surface area contributed by atoms with Crippen molar-refractivity contribution < 1.29 is 19.5 Å². The second kappa shape index (κ2) is 6.88. The van der Waals surface area contributed by atoms with E-state index in [1.807, 2.05) is 12.1 Å². The van der Waals surface area contributed by atoms with Gasteiger partial charge in [0, 0.05) is 17.9 Å². The van der Waals surface area contributed by atoms with Crippen LogP contribution in [0.4, 0.5) is 0 Å². The zero-order valence-electron chi connectivity index (χ0n) is 9.84. The number of para-hydroxylation sites is 1. The quantitative estimate of drug-likeness (QED) is 0.654. The van der Waals surface area contributed by atoms with Crippen LogP contribution < -0.4 is 9.47 Å². The van der Waals surface area contributed by atoms with Crippen LogP contribution in [-0.4, -0.2) is 88.3 Å². The number of nitrogens with zero attached hydrogens (tertiary/aromatic N) is 1. The zero-order valence-corrected chi connectivity index (χ0v) is 9.84. The van der Waals surface area contributed by atoms with E-state index in [9.17, 15) is 10.0 Å². The van der Waals surface area contributed by atoms with E-state index in [4.69, 9.17) is 9.47 Å². The van der Waals surface area contributed by atoms with Gasteiger partial charge >= 0.3 is 51.4 Å². The van der Waals surface area contributed by atoms with Gasteiger partial charge in [0.15, 0.2) is 11.5 Å². The van der Waals surface area contributed by atoms with E-state index in [0.29, 0.717) is 24.5 Å². The molecule has 1 atom stereocenters. The summed E-state index contributed by atoms with van der Waals surface area (Å²) in [6.07, 6.45) is 0.292. The molecule has 1 N–H and O–H groups in total. The third-order valence-corrected chi connectivity index (χ3v) is 2.98. The Bertz CT molecular complexity index is 438. The fraction of sp³-hybridized carbons (Fsp3) is 0.417. The van der Waals surface area contributed by atoms with Crippen molar-refractivity contribution in [2.24, 2.45) is 0 Å². The number of hydrogen-bond acceptors (Lipinski definition) is 4. The molecule has 1 amide bonds. The number of rotatable bonds is 3. The monoisotopic (exact) mass is 277 g/mol. The van der Waals surface area contributed by atoms with Gasteiger partial charge in [-0.25, -0.2) is 5.06 Å². The molecule has 94 valence electrons. The van der Waals surface area contributed by atoms with Crippen molar-refractivity contribution >= 4 is 57.3 Å². The van der Waals surface area contributed by atoms with Crippen LogP contribution in [0.15, 0.2) is 18.2 Å². The molecule has 18 heavy (non-hydrogen) atoms. The van der Waals surface area contributed by atoms with E-state index in [1.165, 1.54) is 0 Å². The molecule has 1 unspecified atom stereocenters. The molecule has 1 aromatic rings. The molecule has 0 aliphatic carbocycles. The molecule has 0 bridgehead atoms. The van der Waals surface area contributed by atoms with Crippen LogP contribution in [0.1, 0.15) is 17.9 Å². The Kier molecular flexibility index (Phi) is 6.09. The van der Waals surface area contributed by atoms with Crippen molar-refractivity contribution in [2.75, 3.05) is 20.8 Å². The summed E-state index contributed by atoms with van der Waals surface area (Å²) < 4.78 is 10.5. The van der Waals surface area contributed by atoms with Crippen molar-refractivity contribution in [3.05, 3.63) is 23.8 Å². The second-order valence-corrected chi connectivity index (χ2v) is 3.96. The number of carbonyl (C=O) groups excluding carboxylic acids is 1. The normalized spacial score (nSPS) is 18.5. The SMILES string of the molecule is COc1cccc(C2CC(=O)N(O)C2)c1OC.[KH]. The fourth-order valence-electron chi connectivity index (χ4n) is 2.13. The Balaban J connectivity index is 0.00000162. The van der Waals surface area contributed by atoms with Crippen LogP contribution in [0, 0.1) is 0 Å². The first-order valence-electron chi connectivity index (χ1n) is 5.37. The summed E-state index contributed by atoms with van der Waals surface area (Å²) in [5.74, 6) is 0.939. The van der Waals surface area contributed by atoms with Gasteiger partial charge in [-0.1, -0.05) is 12.1 Å². The Morgan fingerprint density at radius 2 is 2.06 bits per heavy atom. The van der Waals surface area contributed by atoms with Gasteiger partial charge in [-0.3, -0.25) is 10.0 Å². The third kappa shape index (κ3) is 3.07. The first kappa shape index (κ1) is 15.9. The standard InChI is InChI=1S/C12H15NO4.K.H/c1-16-10-5-3-4-9(12(10)17-2)8-6-11(14)13(15)7-8;;/h3-5,8,15H,6-7H2,1-2H3;;. The van der Waals surface area contributed by atoms with Gasteiger partial charge in [0.2, 0.25) is 5.91 Å². The van der Waals surface area contributed by atoms with Gasteiger partial charge < -0.3 is 9.47 Å². The maximum atomic E-state index is 11.3. The number of amides is 1. The maximum absolute atomic E-state index is 11.3. The second-order valence-electron chi connectivity index (χ2n) is 3.96. The molecule has 2 rings (SSSR count). The van der Waals surface area contributed by atoms with Crippen molar-refractivity contribution in [1.82, 2.24) is 5.06 Å². The van der Waals surface area contributed by atoms with Crippen molar-refractivity contribution in [3.63, 3.8) is 0 Å². The van der Waals surface area contributed by atoms with Crippen LogP contribution in [0.2, 0.25) is 0 Å². The van der Waals surface area contributed by atoms with Crippen LogP contribution in [-0.2, 0) is 4.79 Å². The number of benzene rings is 1. The number of hydroxylamine groups is 2. The van der Waals surface area contributed by atoms with E-state index in [2.05, 4.69) is 0 Å². The average molecular weight is 277 g/mol. The number of hydrogen-bond donors (Lipinski definition) is 1. The zero-order chi connectivity index (χ0) is 12.4. The fourth-order valence-corrected chi connectivity index (χ4v) is 2.13. The molecular weight excluding hydrogens is 261 g/mol. The summed E-state index contributed by atoms with van der Waals surface area (Å²) in [4.78, 5) is 11.3. The molecule has 1 aliphatic heterocycles. The van der Waals surface area contributed by atoms with Gasteiger partial charge in [-0.2, -0.15) is 0 Å². The minimum absolute atomic E-state index is 0. The van der Waals surface area contributed by atoms with Crippen LogP contribution in [0.25, 0.3) is 0 Å². The summed E-state index contributed by atoms with van der Waals surface area (Å²) in [6.45, 7) is 0.294. The van der Waals surface area contributed by atoms with E-state index in [-0.39, 0.29) is 63.2 Å². The van der Waals surface area contributed by atoms with E-state index >= 15 is 0 Å². The Morgan fingerprint density at radius 1 is 1.33 bits per heavy atom.